The lowest BCUT2D eigenvalue weighted by molar-refractivity contribution is 0.810. The lowest BCUT2D eigenvalue weighted by Gasteiger charge is -2.20. The lowest BCUT2D eigenvalue weighted by Crippen LogP contribution is -2.23. The molecular formula is C12H19N3. The van der Waals surface area contributed by atoms with Gasteiger partial charge in [0.25, 0.3) is 0 Å². The minimum Gasteiger partial charge on any atom is -0.353 e. The maximum atomic E-state index is 4.36. The number of nitrogens with one attached hydrogen (secondary N) is 1. The van der Waals surface area contributed by atoms with E-state index in [9.17, 15) is 0 Å². The van der Waals surface area contributed by atoms with Gasteiger partial charge in [0.05, 0.1) is 0 Å². The van der Waals surface area contributed by atoms with E-state index in [1.54, 1.807) is 0 Å². The largest absolute Gasteiger partial charge is 0.353 e. The van der Waals surface area contributed by atoms with Crippen LogP contribution >= 0.6 is 0 Å². The zero-order chi connectivity index (χ0) is 11.1. The van der Waals surface area contributed by atoms with Crippen LogP contribution in [0.2, 0.25) is 0 Å². The maximum Gasteiger partial charge on any atom is 0.129 e. The second-order valence-corrected chi connectivity index (χ2v) is 3.38. The van der Waals surface area contributed by atoms with E-state index in [0.29, 0.717) is 0 Å². The summed E-state index contributed by atoms with van der Waals surface area (Å²) >= 11 is 0. The number of nitrogens with zero attached hydrogens (tertiary/aromatic N) is 2. The van der Waals surface area contributed by atoms with Crippen molar-refractivity contribution in [1.82, 2.24) is 10.3 Å². The Bertz CT molecular complexity index is 309. The minimum atomic E-state index is 0.840. The third-order valence-electron chi connectivity index (χ3n) is 2.25. The number of anilines is 1. The molecule has 0 unspecified atom stereocenters. The second kappa shape index (κ2) is 6.19. The molecule has 0 saturated heterocycles. The normalized spacial score (nSPS) is 10.0. The van der Waals surface area contributed by atoms with Gasteiger partial charge < -0.3 is 10.2 Å². The summed E-state index contributed by atoms with van der Waals surface area (Å²) in [6, 6.07) is 4.14. The van der Waals surface area contributed by atoms with Crippen molar-refractivity contribution < 1.29 is 0 Å². The highest BCUT2D eigenvalue weighted by Gasteiger charge is 2.03. The molecule has 15 heavy (non-hydrogen) atoms. The molecule has 1 rings (SSSR count). The second-order valence-electron chi connectivity index (χ2n) is 3.38. The molecule has 82 valence electrons. The number of likely N-dealkylation sites (N-methyl/N-ethyl adjacent to an activating group) is 1. The fourth-order valence-corrected chi connectivity index (χ4v) is 1.49. The van der Waals surface area contributed by atoms with E-state index in [2.05, 4.69) is 34.8 Å². The van der Waals surface area contributed by atoms with E-state index in [4.69, 9.17) is 0 Å². The molecule has 3 heteroatoms. The molecule has 0 aliphatic carbocycles. The topological polar surface area (TPSA) is 28.2 Å². The van der Waals surface area contributed by atoms with Crippen LogP contribution in [0.15, 0.2) is 31.0 Å². The van der Waals surface area contributed by atoms with Crippen LogP contribution in [0.5, 0.6) is 0 Å². The Labute approximate surface area is 91.8 Å². The Balaban J connectivity index is 2.81. The monoisotopic (exact) mass is 205 g/mol. The number of pyridine rings is 1. The van der Waals surface area contributed by atoms with E-state index in [-0.39, 0.29) is 0 Å². The van der Waals surface area contributed by atoms with Crippen LogP contribution in [0.1, 0.15) is 12.5 Å². The van der Waals surface area contributed by atoms with Gasteiger partial charge in [-0.1, -0.05) is 6.08 Å². The van der Waals surface area contributed by atoms with Gasteiger partial charge in [0, 0.05) is 25.8 Å². The molecule has 1 N–H and O–H groups in total. The van der Waals surface area contributed by atoms with Crippen molar-refractivity contribution in [2.75, 3.05) is 25.0 Å². The summed E-state index contributed by atoms with van der Waals surface area (Å²) < 4.78 is 0. The summed E-state index contributed by atoms with van der Waals surface area (Å²) in [5.41, 5.74) is 1.25. The highest BCUT2D eigenvalue weighted by atomic mass is 15.2. The Hall–Kier alpha value is -1.35. The standard InChI is InChI=1S/C12H19N3/c1-4-8-15(5-2)12-9-11(10-13-3)6-7-14-12/h4,6-7,9,13H,1,5,8,10H2,2-3H3. The lowest BCUT2D eigenvalue weighted by atomic mass is 10.2. The van der Waals surface area contributed by atoms with Gasteiger partial charge in [-0.3, -0.25) is 0 Å². The average Bonchev–Trinajstić information content (AvgIpc) is 2.27. The van der Waals surface area contributed by atoms with E-state index in [1.165, 1.54) is 5.56 Å². The first kappa shape index (κ1) is 11.7. The first-order valence-corrected chi connectivity index (χ1v) is 5.27. The third kappa shape index (κ3) is 3.36. The molecule has 0 radical (unpaired) electrons. The van der Waals surface area contributed by atoms with Gasteiger partial charge in [-0.2, -0.15) is 0 Å². The molecule has 0 atom stereocenters. The predicted octanol–water partition coefficient (Wildman–Crippen LogP) is 1.81. The Morgan fingerprint density at radius 1 is 1.60 bits per heavy atom. The summed E-state index contributed by atoms with van der Waals surface area (Å²) in [6.07, 6.45) is 3.75. The molecule has 0 fully saturated rings. The molecule has 0 amide bonds. The summed E-state index contributed by atoms with van der Waals surface area (Å²) in [5, 5.41) is 3.13. The molecule has 0 bridgehead atoms. The molecular weight excluding hydrogens is 186 g/mol. The van der Waals surface area contributed by atoms with Gasteiger partial charge in [-0.05, 0) is 31.7 Å². The van der Waals surface area contributed by atoms with Gasteiger partial charge in [0.2, 0.25) is 0 Å². The molecule has 3 nitrogen and oxygen atoms in total. The minimum absolute atomic E-state index is 0.840. The zero-order valence-corrected chi connectivity index (χ0v) is 9.53. The summed E-state index contributed by atoms with van der Waals surface area (Å²) in [5.74, 6) is 1.02. The average molecular weight is 205 g/mol. The molecule has 1 aromatic rings. The SMILES string of the molecule is C=CCN(CC)c1cc(CNC)ccn1. The molecule has 1 heterocycles. The van der Waals surface area contributed by atoms with Crippen LogP contribution in [0.25, 0.3) is 0 Å². The Morgan fingerprint density at radius 2 is 2.40 bits per heavy atom. The molecule has 0 spiro atoms. The van der Waals surface area contributed by atoms with Gasteiger partial charge in [-0.15, -0.1) is 6.58 Å². The highest BCUT2D eigenvalue weighted by molar-refractivity contribution is 5.41. The summed E-state index contributed by atoms with van der Waals surface area (Å²) in [7, 11) is 1.95. The van der Waals surface area contributed by atoms with Crippen molar-refractivity contribution in [3.05, 3.63) is 36.5 Å². The van der Waals surface area contributed by atoms with Crippen molar-refractivity contribution in [2.24, 2.45) is 0 Å². The Kier molecular flexibility index (Phi) is 4.84. The van der Waals surface area contributed by atoms with Crippen LogP contribution in [-0.2, 0) is 6.54 Å². The number of aromatic nitrogens is 1. The van der Waals surface area contributed by atoms with E-state index in [1.807, 2.05) is 25.4 Å². The maximum absolute atomic E-state index is 4.36. The van der Waals surface area contributed by atoms with Gasteiger partial charge in [0.1, 0.15) is 5.82 Å². The van der Waals surface area contributed by atoms with Gasteiger partial charge in [0.15, 0.2) is 0 Å². The number of hydrogen-bond acceptors (Lipinski definition) is 3. The van der Waals surface area contributed by atoms with Gasteiger partial charge >= 0.3 is 0 Å². The van der Waals surface area contributed by atoms with E-state index < -0.39 is 0 Å². The smallest absolute Gasteiger partial charge is 0.129 e. The van der Waals surface area contributed by atoms with E-state index in [0.717, 1.165) is 25.5 Å². The van der Waals surface area contributed by atoms with Crippen LogP contribution in [-0.4, -0.2) is 25.1 Å². The predicted molar refractivity (Wildman–Crippen MR) is 65.1 cm³/mol. The summed E-state index contributed by atoms with van der Waals surface area (Å²) in [4.78, 5) is 6.55. The number of hydrogen-bond donors (Lipinski definition) is 1. The van der Waals surface area contributed by atoms with Crippen molar-refractivity contribution in [2.45, 2.75) is 13.5 Å². The highest BCUT2D eigenvalue weighted by Crippen LogP contribution is 2.12. The molecule has 0 aliphatic rings. The first-order chi connectivity index (χ1) is 7.31. The molecule has 1 aromatic heterocycles. The molecule has 0 saturated carbocycles. The zero-order valence-electron chi connectivity index (χ0n) is 9.53. The van der Waals surface area contributed by atoms with Crippen LogP contribution < -0.4 is 10.2 Å². The van der Waals surface area contributed by atoms with Crippen LogP contribution in [0.3, 0.4) is 0 Å². The first-order valence-electron chi connectivity index (χ1n) is 5.27. The van der Waals surface area contributed by atoms with Crippen molar-refractivity contribution in [1.29, 1.82) is 0 Å². The van der Waals surface area contributed by atoms with Gasteiger partial charge in [-0.25, -0.2) is 4.98 Å². The molecule has 0 aliphatic heterocycles. The van der Waals surface area contributed by atoms with Crippen molar-refractivity contribution in [3.8, 4) is 0 Å². The Morgan fingerprint density at radius 3 is 3.00 bits per heavy atom. The van der Waals surface area contributed by atoms with E-state index >= 15 is 0 Å². The van der Waals surface area contributed by atoms with Crippen molar-refractivity contribution >= 4 is 5.82 Å². The molecule has 0 aromatic carbocycles. The van der Waals surface area contributed by atoms with Crippen LogP contribution in [0, 0.1) is 0 Å². The number of rotatable bonds is 6. The third-order valence-corrected chi connectivity index (χ3v) is 2.25. The quantitative estimate of drug-likeness (QED) is 0.718. The fourth-order valence-electron chi connectivity index (χ4n) is 1.49. The van der Waals surface area contributed by atoms with Crippen LogP contribution in [0.4, 0.5) is 5.82 Å². The fraction of sp³-hybridized carbons (Fsp3) is 0.417. The summed E-state index contributed by atoms with van der Waals surface area (Å²) in [6.45, 7) is 8.53. The van der Waals surface area contributed by atoms with Crippen molar-refractivity contribution in [3.63, 3.8) is 0 Å².